The molecule has 1 rings (SSSR count). The monoisotopic (exact) mass is 186 g/mol. The van der Waals surface area contributed by atoms with E-state index >= 15 is 0 Å². The summed E-state index contributed by atoms with van der Waals surface area (Å²) < 4.78 is 1.73. The first kappa shape index (κ1) is 9.26. The second-order valence-electron chi connectivity index (χ2n) is 2.98. The minimum atomic E-state index is -0.445. The van der Waals surface area contributed by atoms with Gasteiger partial charge in [0.15, 0.2) is 0 Å². The molecule has 0 atom stereocenters. The minimum absolute atomic E-state index is 0.258. The van der Waals surface area contributed by atoms with Gasteiger partial charge in [-0.05, 0) is 32.4 Å². The molecule has 0 saturated carbocycles. The number of carbonyl (C=O) groups is 1. The molecule has 3 nitrogen and oxygen atoms in total. The quantitative estimate of drug-likeness (QED) is 0.664. The average molecular weight is 187 g/mol. The zero-order valence-corrected chi connectivity index (χ0v) is 8.09. The van der Waals surface area contributed by atoms with Crippen LogP contribution in [0.5, 0.6) is 0 Å². The van der Waals surface area contributed by atoms with Crippen molar-refractivity contribution in [1.29, 1.82) is 0 Å². The van der Waals surface area contributed by atoms with Crippen LogP contribution in [0.2, 0.25) is 0 Å². The Morgan fingerprint density at radius 2 is 2.25 bits per heavy atom. The van der Waals surface area contributed by atoms with E-state index in [2.05, 4.69) is 5.10 Å². The molecule has 1 heterocycles. The molecule has 0 saturated heterocycles. The zero-order valence-electron chi connectivity index (χ0n) is 7.34. The van der Waals surface area contributed by atoms with E-state index in [1.54, 1.807) is 17.8 Å². The second kappa shape index (κ2) is 3.27. The first-order valence-electron chi connectivity index (χ1n) is 3.78. The van der Waals surface area contributed by atoms with E-state index in [0.717, 1.165) is 0 Å². The first-order chi connectivity index (χ1) is 5.52. The summed E-state index contributed by atoms with van der Waals surface area (Å²) >= 11 is 5.33. The molecule has 0 radical (unpaired) electrons. The number of hydrogen-bond donors (Lipinski definition) is 0. The van der Waals surface area contributed by atoms with Gasteiger partial charge in [0.05, 0.1) is 11.3 Å². The van der Waals surface area contributed by atoms with E-state index in [1.165, 1.54) is 0 Å². The number of halogens is 1. The van der Waals surface area contributed by atoms with Crippen LogP contribution in [-0.2, 0) is 0 Å². The molecule has 0 aliphatic carbocycles. The summed E-state index contributed by atoms with van der Waals surface area (Å²) in [6.45, 7) is 5.76. The average Bonchev–Trinajstić information content (AvgIpc) is 2.30. The zero-order chi connectivity index (χ0) is 9.30. The molecular weight excluding hydrogens is 176 g/mol. The first-order valence-corrected chi connectivity index (χ1v) is 4.15. The third-order valence-electron chi connectivity index (χ3n) is 1.66. The Labute approximate surface area is 76.3 Å². The molecule has 0 bridgehead atoms. The van der Waals surface area contributed by atoms with Crippen molar-refractivity contribution in [3.8, 4) is 0 Å². The van der Waals surface area contributed by atoms with Gasteiger partial charge in [-0.3, -0.25) is 9.48 Å². The number of hydrogen-bond acceptors (Lipinski definition) is 2. The molecule has 0 spiro atoms. The number of aryl methyl sites for hydroxylation is 1. The van der Waals surface area contributed by atoms with Crippen molar-refractivity contribution in [2.24, 2.45) is 0 Å². The second-order valence-corrected chi connectivity index (χ2v) is 3.32. The maximum Gasteiger partial charge on any atom is 0.255 e. The van der Waals surface area contributed by atoms with Gasteiger partial charge in [0.2, 0.25) is 0 Å². The Morgan fingerprint density at radius 1 is 1.67 bits per heavy atom. The largest absolute Gasteiger partial charge is 0.275 e. The predicted octanol–water partition coefficient (Wildman–Crippen LogP) is 2.15. The lowest BCUT2D eigenvalue weighted by atomic mass is 10.3. The van der Waals surface area contributed by atoms with Gasteiger partial charge in [0.1, 0.15) is 0 Å². The molecule has 66 valence electrons. The lowest BCUT2D eigenvalue weighted by Gasteiger charge is -2.02. The Kier molecular flexibility index (Phi) is 2.52. The van der Waals surface area contributed by atoms with Crippen molar-refractivity contribution >= 4 is 16.8 Å². The Hall–Kier alpha value is -0.830. The molecule has 0 aliphatic rings. The van der Waals surface area contributed by atoms with Gasteiger partial charge in [0.25, 0.3) is 5.24 Å². The van der Waals surface area contributed by atoms with Gasteiger partial charge in [-0.15, -0.1) is 0 Å². The Morgan fingerprint density at radius 3 is 2.50 bits per heavy atom. The van der Waals surface area contributed by atoms with Crippen LogP contribution >= 0.6 is 11.6 Å². The van der Waals surface area contributed by atoms with Crippen LogP contribution in [0.15, 0.2) is 6.20 Å². The molecule has 0 N–H and O–H groups in total. The fourth-order valence-electron chi connectivity index (χ4n) is 0.939. The van der Waals surface area contributed by atoms with E-state index < -0.39 is 5.24 Å². The van der Waals surface area contributed by atoms with Gasteiger partial charge in [-0.1, -0.05) is 0 Å². The SMILES string of the molecule is Cc1nn(C(C)C)cc1C(=O)Cl. The van der Waals surface area contributed by atoms with Crippen molar-refractivity contribution in [2.75, 3.05) is 0 Å². The summed E-state index contributed by atoms with van der Waals surface area (Å²) in [6.07, 6.45) is 1.68. The minimum Gasteiger partial charge on any atom is -0.275 e. The van der Waals surface area contributed by atoms with Gasteiger partial charge < -0.3 is 0 Å². The van der Waals surface area contributed by atoms with Gasteiger partial charge in [-0.25, -0.2) is 0 Å². The fraction of sp³-hybridized carbons (Fsp3) is 0.500. The lowest BCUT2D eigenvalue weighted by molar-refractivity contribution is 0.108. The lowest BCUT2D eigenvalue weighted by Crippen LogP contribution is -2.00. The normalized spacial score (nSPS) is 10.8. The topological polar surface area (TPSA) is 34.9 Å². The predicted molar refractivity (Wildman–Crippen MR) is 47.5 cm³/mol. The maximum atomic E-state index is 10.8. The molecule has 12 heavy (non-hydrogen) atoms. The summed E-state index contributed by atoms with van der Waals surface area (Å²) in [5.41, 5.74) is 1.18. The van der Waals surface area contributed by atoms with E-state index in [4.69, 9.17) is 11.6 Å². The molecule has 4 heteroatoms. The summed E-state index contributed by atoms with van der Waals surface area (Å²) in [4.78, 5) is 10.8. The molecule has 0 amide bonds. The fourth-order valence-corrected chi connectivity index (χ4v) is 1.12. The van der Waals surface area contributed by atoms with E-state index in [-0.39, 0.29) is 6.04 Å². The molecule has 1 aromatic rings. The number of nitrogens with zero attached hydrogens (tertiary/aromatic N) is 2. The maximum absolute atomic E-state index is 10.8. The molecule has 0 aliphatic heterocycles. The highest BCUT2D eigenvalue weighted by Gasteiger charge is 2.11. The van der Waals surface area contributed by atoms with Gasteiger partial charge in [-0.2, -0.15) is 5.10 Å². The van der Waals surface area contributed by atoms with E-state index in [9.17, 15) is 4.79 Å². The summed E-state index contributed by atoms with van der Waals surface area (Å²) in [6, 6.07) is 0.258. The van der Waals surface area contributed by atoms with Crippen molar-refractivity contribution in [3.63, 3.8) is 0 Å². The van der Waals surface area contributed by atoms with Crippen LogP contribution in [0.3, 0.4) is 0 Å². The standard InChI is InChI=1S/C8H11ClN2O/c1-5(2)11-4-7(8(9)12)6(3)10-11/h4-5H,1-3H3. The molecule has 0 fully saturated rings. The highest BCUT2D eigenvalue weighted by molar-refractivity contribution is 6.67. The summed E-state index contributed by atoms with van der Waals surface area (Å²) in [5.74, 6) is 0. The highest BCUT2D eigenvalue weighted by atomic mass is 35.5. The van der Waals surface area contributed by atoms with Gasteiger partial charge >= 0.3 is 0 Å². The van der Waals surface area contributed by atoms with E-state index in [1.807, 2.05) is 13.8 Å². The van der Waals surface area contributed by atoms with Crippen LogP contribution < -0.4 is 0 Å². The Balaban J connectivity index is 3.09. The van der Waals surface area contributed by atoms with Crippen molar-refractivity contribution in [3.05, 3.63) is 17.5 Å². The van der Waals surface area contributed by atoms with Crippen LogP contribution in [0.25, 0.3) is 0 Å². The number of carbonyl (C=O) groups excluding carboxylic acids is 1. The van der Waals surface area contributed by atoms with Crippen molar-refractivity contribution < 1.29 is 4.79 Å². The van der Waals surface area contributed by atoms with Gasteiger partial charge in [0, 0.05) is 12.2 Å². The van der Waals surface area contributed by atoms with Crippen molar-refractivity contribution in [2.45, 2.75) is 26.8 Å². The molecular formula is C8H11ClN2O. The van der Waals surface area contributed by atoms with E-state index in [0.29, 0.717) is 11.3 Å². The van der Waals surface area contributed by atoms with Crippen LogP contribution in [-0.4, -0.2) is 15.0 Å². The van der Waals surface area contributed by atoms with Crippen molar-refractivity contribution in [1.82, 2.24) is 9.78 Å². The smallest absolute Gasteiger partial charge is 0.255 e. The third kappa shape index (κ3) is 1.67. The molecule has 0 aromatic carbocycles. The third-order valence-corrected chi connectivity index (χ3v) is 1.86. The highest BCUT2D eigenvalue weighted by Crippen LogP contribution is 2.12. The molecule has 0 unspecified atom stereocenters. The van der Waals surface area contributed by atoms with Crippen LogP contribution in [0.1, 0.15) is 35.9 Å². The van der Waals surface area contributed by atoms with Crippen LogP contribution in [0, 0.1) is 6.92 Å². The molecule has 1 aromatic heterocycles. The Bertz CT molecular complexity index is 304. The summed E-state index contributed by atoms with van der Waals surface area (Å²) in [5, 5.41) is 3.70. The summed E-state index contributed by atoms with van der Waals surface area (Å²) in [7, 11) is 0. The number of rotatable bonds is 2. The van der Waals surface area contributed by atoms with Crippen LogP contribution in [0.4, 0.5) is 0 Å². The number of aromatic nitrogens is 2.